The fraction of sp³-hybridized carbons (Fsp3) is 0.500. The lowest BCUT2D eigenvalue weighted by molar-refractivity contribution is -0.0430. The Balaban J connectivity index is 2.51. The van der Waals surface area contributed by atoms with Gasteiger partial charge in [0.1, 0.15) is 11.4 Å². The zero-order valence-corrected chi connectivity index (χ0v) is 10.7. The summed E-state index contributed by atoms with van der Waals surface area (Å²) < 4.78 is 5.38. The molecule has 1 heterocycles. The Kier molecular flexibility index (Phi) is 3.40. The van der Waals surface area contributed by atoms with Crippen LogP contribution in [0, 0.1) is 0 Å². The average molecular weight is 238 g/mol. The van der Waals surface area contributed by atoms with Crippen molar-refractivity contribution in [1.29, 1.82) is 0 Å². The van der Waals surface area contributed by atoms with Crippen LogP contribution in [0.1, 0.15) is 5.56 Å². The fourth-order valence-corrected chi connectivity index (χ4v) is 2.27. The Morgan fingerprint density at radius 2 is 1.88 bits per heavy atom. The molecular formula is C12H18N2O3. The van der Waals surface area contributed by atoms with Gasteiger partial charge in [0.25, 0.3) is 0 Å². The first-order chi connectivity index (χ1) is 8.22. The quantitative estimate of drug-likeness (QED) is 0.745. The van der Waals surface area contributed by atoms with Crippen molar-refractivity contribution in [3.63, 3.8) is 0 Å². The van der Waals surface area contributed by atoms with E-state index in [1.807, 2.05) is 12.1 Å². The summed E-state index contributed by atoms with van der Waals surface area (Å²) in [4.78, 5) is 12.5. The molecule has 17 heavy (non-hydrogen) atoms. The lowest BCUT2D eigenvalue weighted by Crippen LogP contribution is -2.23. The Bertz CT molecular complexity index is 405. The normalized spacial score (nSPS) is 13.8. The van der Waals surface area contributed by atoms with Gasteiger partial charge >= 0.3 is 0 Å². The van der Waals surface area contributed by atoms with Crippen LogP contribution in [0.15, 0.2) is 12.1 Å². The second-order valence-corrected chi connectivity index (χ2v) is 3.91. The summed E-state index contributed by atoms with van der Waals surface area (Å²) in [6, 6.07) is 3.88. The molecule has 1 aliphatic rings. The zero-order chi connectivity index (χ0) is 12.4. The van der Waals surface area contributed by atoms with Crippen LogP contribution in [-0.2, 0) is 16.1 Å². The molecule has 0 radical (unpaired) electrons. The number of hydrogen-bond donors (Lipinski definition) is 0. The third-order valence-electron chi connectivity index (χ3n) is 3.05. The summed E-state index contributed by atoms with van der Waals surface area (Å²) in [5.74, 6) is 0.917. The van der Waals surface area contributed by atoms with E-state index in [1.165, 1.54) is 10.8 Å². The molecule has 0 aromatic heterocycles. The van der Waals surface area contributed by atoms with Crippen molar-refractivity contribution < 1.29 is 14.4 Å². The molecule has 5 nitrogen and oxygen atoms in total. The van der Waals surface area contributed by atoms with Crippen LogP contribution in [0.3, 0.4) is 0 Å². The third-order valence-corrected chi connectivity index (χ3v) is 3.05. The topological polar surface area (TPSA) is 34.2 Å². The molecule has 0 saturated carbocycles. The van der Waals surface area contributed by atoms with Gasteiger partial charge in [0.05, 0.1) is 27.0 Å². The molecule has 0 spiro atoms. The zero-order valence-electron chi connectivity index (χ0n) is 10.7. The van der Waals surface area contributed by atoms with Crippen LogP contribution in [-0.4, -0.2) is 34.9 Å². The summed E-state index contributed by atoms with van der Waals surface area (Å²) >= 11 is 0. The number of nitrogens with zero attached hydrogens (tertiary/aromatic N) is 2. The maximum absolute atomic E-state index is 5.38. The van der Waals surface area contributed by atoms with E-state index in [4.69, 9.17) is 14.4 Å². The highest BCUT2D eigenvalue weighted by Crippen LogP contribution is 2.42. The van der Waals surface area contributed by atoms with Crippen LogP contribution in [0.25, 0.3) is 0 Å². The first-order valence-electron chi connectivity index (χ1n) is 5.52. The second-order valence-electron chi connectivity index (χ2n) is 3.91. The molecule has 0 atom stereocenters. The van der Waals surface area contributed by atoms with Crippen molar-refractivity contribution in [2.45, 2.75) is 6.42 Å². The summed E-state index contributed by atoms with van der Waals surface area (Å²) in [6.45, 7) is 0.976. The van der Waals surface area contributed by atoms with Crippen molar-refractivity contribution in [2.24, 2.45) is 0 Å². The van der Waals surface area contributed by atoms with Crippen LogP contribution >= 0.6 is 0 Å². The third kappa shape index (κ3) is 1.92. The molecule has 0 saturated heterocycles. The SMILES string of the molecule is COc1ccc(N(OC)OC)c2c1CCN2C. The van der Waals surface area contributed by atoms with Gasteiger partial charge in [-0.05, 0) is 18.6 Å². The predicted octanol–water partition coefficient (Wildman–Crippen LogP) is 1.62. The van der Waals surface area contributed by atoms with Crippen LogP contribution in [0.2, 0.25) is 0 Å². The van der Waals surface area contributed by atoms with E-state index in [0.717, 1.165) is 30.1 Å². The molecule has 94 valence electrons. The fourth-order valence-electron chi connectivity index (χ4n) is 2.27. The number of rotatable bonds is 4. The first kappa shape index (κ1) is 12.0. The van der Waals surface area contributed by atoms with Crippen molar-refractivity contribution in [2.75, 3.05) is 45.0 Å². The Labute approximate surface area is 101 Å². The van der Waals surface area contributed by atoms with Crippen molar-refractivity contribution >= 4 is 11.4 Å². The minimum absolute atomic E-state index is 0.894. The molecule has 0 bridgehead atoms. The van der Waals surface area contributed by atoms with Crippen LogP contribution < -0.4 is 14.9 Å². The maximum atomic E-state index is 5.38. The van der Waals surface area contributed by atoms with Gasteiger partial charge in [0.15, 0.2) is 0 Å². The molecule has 1 aliphatic heterocycles. The molecule has 2 rings (SSSR count). The molecule has 0 aliphatic carbocycles. The minimum atomic E-state index is 0.894. The predicted molar refractivity (Wildman–Crippen MR) is 66.5 cm³/mol. The first-order valence-corrected chi connectivity index (χ1v) is 5.52. The van der Waals surface area contributed by atoms with E-state index in [1.54, 1.807) is 21.3 Å². The van der Waals surface area contributed by atoms with Crippen molar-refractivity contribution in [1.82, 2.24) is 0 Å². The second kappa shape index (κ2) is 4.81. The lowest BCUT2D eigenvalue weighted by atomic mass is 10.1. The van der Waals surface area contributed by atoms with Gasteiger partial charge < -0.3 is 9.64 Å². The highest BCUT2D eigenvalue weighted by molar-refractivity contribution is 5.78. The summed E-state index contributed by atoms with van der Waals surface area (Å²) in [7, 11) is 6.90. The standard InChI is InChI=1S/C12H18N2O3/c1-13-8-7-9-11(15-2)6-5-10(12(9)13)14(16-3)17-4/h5-6H,7-8H2,1-4H3. The molecular weight excluding hydrogens is 220 g/mol. The van der Waals surface area contributed by atoms with Gasteiger partial charge in [-0.3, -0.25) is 9.68 Å². The van der Waals surface area contributed by atoms with E-state index in [9.17, 15) is 0 Å². The molecule has 0 unspecified atom stereocenters. The maximum Gasteiger partial charge on any atom is 0.124 e. The number of likely N-dealkylation sites (N-methyl/N-ethyl adjacent to an activating group) is 1. The van der Waals surface area contributed by atoms with Gasteiger partial charge in [-0.1, -0.05) is 0 Å². The largest absolute Gasteiger partial charge is 0.496 e. The number of ether oxygens (including phenoxy) is 1. The smallest absolute Gasteiger partial charge is 0.124 e. The van der Waals surface area contributed by atoms with E-state index in [-0.39, 0.29) is 0 Å². The summed E-state index contributed by atoms with van der Waals surface area (Å²) in [5.41, 5.74) is 3.20. The van der Waals surface area contributed by atoms with Gasteiger partial charge in [-0.2, -0.15) is 0 Å². The van der Waals surface area contributed by atoms with Crippen molar-refractivity contribution in [3.05, 3.63) is 17.7 Å². The number of fused-ring (bicyclic) bond motifs is 1. The molecule has 0 N–H and O–H groups in total. The van der Waals surface area contributed by atoms with Crippen LogP contribution in [0.5, 0.6) is 5.75 Å². The Morgan fingerprint density at radius 1 is 1.18 bits per heavy atom. The molecule has 5 heteroatoms. The van der Waals surface area contributed by atoms with E-state index in [2.05, 4.69) is 11.9 Å². The van der Waals surface area contributed by atoms with E-state index >= 15 is 0 Å². The highest BCUT2D eigenvalue weighted by atomic mass is 16.9. The Morgan fingerprint density at radius 3 is 2.47 bits per heavy atom. The van der Waals surface area contributed by atoms with E-state index in [0.29, 0.717) is 0 Å². The van der Waals surface area contributed by atoms with Crippen LogP contribution in [0.4, 0.5) is 11.4 Å². The molecule has 1 aromatic rings. The molecule has 0 fully saturated rings. The summed E-state index contributed by atoms with van der Waals surface area (Å²) in [5, 5.41) is 1.40. The molecule has 1 aromatic carbocycles. The number of anilines is 2. The van der Waals surface area contributed by atoms with Gasteiger partial charge in [0.2, 0.25) is 0 Å². The van der Waals surface area contributed by atoms with Gasteiger partial charge in [-0.25, -0.2) is 0 Å². The highest BCUT2D eigenvalue weighted by Gasteiger charge is 2.26. The molecule has 0 amide bonds. The number of benzene rings is 1. The Hall–Kier alpha value is -1.46. The van der Waals surface area contributed by atoms with E-state index < -0.39 is 0 Å². The van der Waals surface area contributed by atoms with Crippen molar-refractivity contribution in [3.8, 4) is 5.75 Å². The summed E-state index contributed by atoms with van der Waals surface area (Å²) in [6.07, 6.45) is 0.976. The number of methoxy groups -OCH3 is 1. The monoisotopic (exact) mass is 238 g/mol. The number of hydrogen-bond acceptors (Lipinski definition) is 5. The minimum Gasteiger partial charge on any atom is -0.496 e. The average Bonchev–Trinajstić information content (AvgIpc) is 2.74. The lowest BCUT2D eigenvalue weighted by Gasteiger charge is -2.24. The van der Waals surface area contributed by atoms with Gasteiger partial charge in [-0.15, -0.1) is 5.23 Å². The van der Waals surface area contributed by atoms with Gasteiger partial charge in [0, 0.05) is 19.2 Å².